The van der Waals surface area contributed by atoms with Crippen LogP contribution < -0.4 is 0 Å². The van der Waals surface area contributed by atoms with Gasteiger partial charge in [0, 0.05) is 24.9 Å². The van der Waals surface area contributed by atoms with Crippen LogP contribution in [0, 0.1) is 5.92 Å². The molecule has 2 unspecified atom stereocenters. The van der Waals surface area contributed by atoms with Crippen molar-refractivity contribution in [2.24, 2.45) is 5.92 Å². The van der Waals surface area contributed by atoms with Crippen molar-refractivity contribution < 1.29 is 14.6 Å². The van der Waals surface area contributed by atoms with E-state index < -0.39 is 0 Å². The summed E-state index contributed by atoms with van der Waals surface area (Å²) < 4.78 is 5.24. The molecule has 0 radical (unpaired) electrons. The first kappa shape index (κ1) is 11.8. The maximum atomic E-state index is 11.7. The van der Waals surface area contributed by atoms with Crippen LogP contribution in [0.2, 0.25) is 0 Å². The van der Waals surface area contributed by atoms with Crippen LogP contribution in [0.1, 0.15) is 6.92 Å². The Morgan fingerprint density at radius 3 is 3.07 bits per heavy atom. The lowest BCUT2D eigenvalue weighted by molar-refractivity contribution is -0.143. The fraction of sp³-hybridized carbons (Fsp3) is 0.889. The van der Waals surface area contributed by atoms with Crippen LogP contribution in [-0.4, -0.2) is 54.2 Å². The van der Waals surface area contributed by atoms with Crippen molar-refractivity contribution in [1.29, 1.82) is 0 Å². The van der Waals surface area contributed by atoms with E-state index in [0.717, 1.165) is 0 Å². The number of aliphatic hydroxyl groups is 1. The molecule has 0 aliphatic carbocycles. The van der Waals surface area contributed by atoms with Crippen molar-refractivity contribution in [3.63, 3.8) is 0 Å². The third kappa shape index (κ3) is 2.83. The number of ether oxygens (including phenoxy) is 1. The second-order valence-corrected chi connectivity index (χ2v) is 3.82. The van der Waals surface area contributed by atoms with Crippen molar-refractivity contribution in [3.05, 3.63) is 0 Å². The number of aliphatic hydroxyl groups excluding tert-OH is 1. The van der Waals surface area contributed by atoms with Crippen LogP contribution in [0.5, 0.6) is 0 Å². The number of nitrogens with zero attached hydrogens (tertiary/aromatic N) is 1. The molecule has 1 fully saturated rings. The van der Waals surface area contributed by atoms with Gasteiger partial charge >= 0.3 is 0 Å². The minimum Gasteiger partial charge on any atom is -0.394 e. The van der Waals surface area contributed by atoms with E-state index in [1.54, 1.807) is 11.8 Å². The van der Waals surface area contributed by atoms with Crippen LogP contribution in [0.15, 0.2) is 0 Å². The lowest BCUT2D eigenvalue weighted by atomic mass is 10.1. The molecule has 14 heavy (non-hydrogen) atoms. The summed E-state index contributed by atoms with van der Waals surface area (Å²) in [5.41, 5.74) is 0. The number of alkyl halides is 1. The third-order valence-electron chi connectivity index (χ3n) is 2.31. The first-order valence-corrected chi connectivity index (χ1v) is 5.29. The average molecular weight is 222 g/mol. The predicted octanol–water partition coefficient (Wildman–Crippen LogP) is 0.0810. The van der Waals surface area contributed by atoms with Crippen molar-refractivity contribution in [2.45, 2.75) is 13.0 Å². The predicted molar refractivity (Wildman–Crippen MR) is 53.3 cm³/mol. The number of carbonyl (C=O) groups excluding carboxylic acids is 1. The molecule has 0 saturated carbocycles. The second-order valence-electron chi connectivity index (χ2n) is 3.51. The number of carbonyl (C=O) groups is 1. The van der Waals surface area contributed by atoms with E-state index in [2.05, 4.69) is 0 Å². The summed E-state index contributed by atoms with van der Waals surface area (Å²) in [6.07, 6.45) is -0.241. The molecule has 5 heteroatoms. The van der Waals surface area contributed by atoms with Crippen LogP contribution in [-0.2, 0) is 9.53 Å². The van der Waals surface area contributed by atoms with Crippen LogP contribution >= 0.6 is 11.6 Å². The number of amides is 1. The molecular formula is C9H16ClNO3. The van der Waals surface area contributed by atoms with E-state index in [0.29, 0.717) is 25.6 Å². The number of rotatable bonds is 3. The molecule has 1 aliphatic rings. The zero-order chi connectivity index (χ0) is 10.6. The van der Waals surface area contributed by atoms with E-state index in [9.17, 15) is 4.79 Å². The van der Waals surface area contributed by atoms with E-state index in [-0.39, 0.29) is 24.5 Å². The monoisotopic (exact) mass is 221 g/mol. The summed E-state index contributed by atoms with van der Waals surface area (Å²) in [5.74, 6) is 0.218. The van der Waals surface area contributed by atoms with Crippen molar-refractivity contribution in [2.75, 3.05) is 32.2 Å². The third-order valence-corrected chi connectivity index (χ3v) is 2.77. The van der Waals surface area contributed by atoms with Gasteiger partial charge in [0.25, 0.3) is 0 Å². The highest BCUT2D eigenvalue weighted by Gasteiger charge is 2.26. The van der Waals surface area contributed by atoms with Gasteiger partial charge in [-0.1, -0.05) is 6.92 Å². The van der Waals surface area contributed by atoms with E-state index in [1.807, 2.05) is 0 Å². The van der Waals surface area contributed by atoms with Crippen LogP contribution in [0.25, 0.3) is 0 Å². The number of hydrogen-bond donors (Lipinski definition) is 1. The Kier molecular flexibility index (Phi) is 4.65. The molecule has 0 aromatic rings. The molecule has 82 valence electrons. The van der Waals surface area contributed by atoms with Gasteiger partial charge < -0.3 is 14.7 Å². The minimum absolute atomic E-state index is 0.0426. The van der Waals surface area contributed by atoms with Crippen molar-refractivity contribution >= 4 is 17.5 Å². The molecule has 1 saturated heterocycles. The summed E-state index contributed by atoms with van der Waals surface area (Å²) in [5, 5.41) is 8.90. The summed E-state index contributed by atoms with van der Waals surface area (Å²) in [7, 11) is 0. The van der Waals surface area contributed by atoms with Crippen molar-refractivity contribution in [1.82, 2.24) is 4.90 Å². The van der Waals surface area contributed by atoms with Crippen molar-refractivity contribution in [3.8, 4) is 0 Å². The van der Waals surface area contributed by atoms with E-state index >= 15 is 0 Å². The molecule has 1 amide bonds. The lowest BCUT2D eigenvalue weighted by Gasteiger charge is -2.33. The standard InChI is InChI=1S/C9H16ClNO3/c1-7(4-10)9(13)11-2-3-14-8(5-11)6-12/h7-8,12H,2-6H2,1H3. The number of halogens is 1. The van der Waals surface area contributed by atoms with Gasteiger partial charge in [-0.3, -0.25) is 4.79 Å². The maximum Gasteiger partial charge on any atom is 0.226 e. The Morgan fingerprint density at radius 1 is 1.79 bits per heavy atom. The second kappa shape index (κ2) is 5.53. The zero-order valence-corrected chi connectivity index (χ0v) is 9.04. The Bertz CT molecular complexity index is 200. The van der Waals surface area contributed by atoms with Gasteiger partial charge in [-0.25, -0.2) is 0 Å². The molecular weight excluding hydrogens is 206 g/mol. The summed E-state index contributed by atoms with van der Waals surface area (Å²) in [4.78, 5) is 13.4. The highest BCUT2D eigenvalue weighted by molar-refractivity contribution is 6.19. The number of hydrogen-bond acceptors (Lipinski definition) is 3. The quantitative estimate of drug-likeness (QED) is 0.687. The molecule has 4 nitrogen and oxygen atoms in total. The van der Waals surface area contributed by atoms with Gasteiger partial charge in [0.15, 0.2) is 0 Å². The topological polar surface area (TPSA) is 49.8 Å². The lowest BCUT2D eigenvalue weighted by Crippen LogP contribution is -2.48. The summed E-state index contributed by atoms with van der Waals surface area (Å²) >= 11 is 5.61. The highest BCUT2D eigenvalue weighted by atomic mass is 35.5. The Hall–Kier alpha value is -0.320. The molecule has 1 aliphatic heterocycles. The Labute approximate surface area is 88.8 Å². The van der Waals surface area contributed by atoms with Crippen LogP contribution in [0.4, 0.5) is 0 Å². The molecule has 0 aromatic carbocycles. The zero-order valence-electron chi connectivity index (χ0n) is 8.28. The molecule has 2 atom stereocenters. The first-order valence-electron chi connectivity index (χ1n) is 4.76. The van der Waals surface area contributed by atoms with Gasteiger partial charge in [0.1, 0.15) is 0 Å². The molecule has 1 heterocycles. The van der Waals surface area contributed by atoms with Gasteiger partial charge in [-0.05, 0) is 0 Å². The first-order chi connectivity index (χ1) is 6.69. The van der Waals surface area contributed by atoms with Gasteiger partial charge in [-0.2, -0.15) is 0 Å². The minimum atomic E-state index is -0.241. The maximum absolute atomic E-state index is 11.7. The average Bonchev–Trinajstić information content (AvgIpc) is 2.27. The normalized spacial score (nSPS) is 24.8. The molecule has 0 bridgehead atoms. The molecule has 1 rings (SSSR count). The molecule has 0 spiro atoms. The Morgan fingerprint density at radius 2 is 2.50 bits per heavy atom. The fourth-order valence-corrected chi connectivity index (χ4v) is 1.54. The smallest absolute Gasteiger partial charge is 0.226 e. The summed E-state index contributed by atoms with van der Waals surface area (Å²) in [6.45, 7) is 3.32. The number of morpholine rings is 1. The van der Waals surface area contributed by atoms with Gasteiger partial charge in [0.05, 0.1) is 19.3 Å². The molecule has 1 N–H and O–H groups in total. The SMILES string of the molecule is CC(CCl)C(=O)N1CCOC(CO)C1. The molecule has 0 aromatic heterocycles. The van der Waals surface area contributed by atoms with E-state index in [1.165, 1.54) is 0 Å². The summed E-state index contributed by atoms with van der Waals surface area (Å²) in [6, 6.07) is 0. The van der Waals surface area contributed by atoms with Gasteiger partial charge in [0.2, 0.25) is 5.91 Å². The Balaban J connectivity index is 2.47. The highest BCUT2D eigenvalue weighted by Crippen LogP contribution is 2.10. The van der Waals surface area contributed by atoms with Gasteiger partial charge in [-0.15, -0.1) is 11.6 Å². The van der Waals surface area contributed by atoms with E-state index in [4.69, 9.17) is 21.4 Å². The largest absolute Gasteiger partial charge is 0.394 e. The van der Waals surface area contributed by atoms with Crippen LogP contribution in [0.3, 0.4) is 0 Å². The fourth-order valence-electron chi connectivity index (χ4n) is 1.41.